The third-order valence-corrected chi connectivity index (χ3v) is 4.70. The summed E-state index contributed by atoms with van der Waals surface area (Å²) in [6.07, 6.45) is 4.13. The first-order chi connectivity index (χ1) is 13.0. The van der Waals surface area contributed by atoms with E-state index in [1.165, 1.54) is 23.4 Å². The van der Waals surface area contributed by atoms with Crippen molar-refractivity contribution in [1.29, 1.82) is 0 Å². The van der Waals surface area contributed by atoms with Crippen molar-refractivity contribution in [3.05, 3.63) is 69.9 Å². The summed E-state index contributed by atoms with van der Waals surface area (Å²) in [5, 5.41) is 4.80. The molecule has 7 nitrogen and oxygen atoms in total. The number of methoxy groups -OCH3 is 1. The van der Waals surface area contributed by atoms with E-state index in [1.54, 1.807) is 23.8 Å². The molecule has 0 N–H and O–H groups in total. The van der Waals surface area contributed by atoms with Crippen LogP contribution < -0.4 is 5.56 Å². The van der Waals surface area contributed by atoms with Gasteiger partial charge in [-0.2, -0.15) is 5.10 Å². The van der Waals surface area contributed by atoms with Crippen LogP contribution in [-0.4, -0.2) is 32.2 Å². The first-order valence-electron chi connectivity index (χ1n) is 8.62. The van der Waals surface area contributed by atoms with Crippen molar-refractivity contribution in [2.75, 3.05) is 7.11 Å². The second-order valence-electron chi connectivity index (χ2n) is 6.26. The first-order valence-corrected chi connectivity index (χ1v) is 8.62. The molecule has 0 aliphatic carbocycles. The predicted octanol–water partition coefficient (Wildman–Crippen LogP) is 2.69. The van der Waals surface area contributed by atoms with E-state index in [4.69, 9.17) is 4.74 Å². The SMILES string of the molecule is CCc1ccc(-n2ccc3c(cnc4c(C(=O)OC)c(C)nn43)c2=O)cc1. The fraction of sp³-hybridized carbons (Fsp3) is 0.200. The smallest absolute Gasteiger partial charge is 0.343 e. The number of carbonyl (C=O) groups is 1. The summed E-state index contributed by atoms with van der Waals surface area (Å²) in [6, 6.07) is 9.66. The molecule has 0 atom stereocenters. The molecule has 3 aromatic heterocycles. The van der Waals surface area contributed by atoms with Gasteiger partial charge in [0, 0.05) is 18.1 Å². The van der Waals surface area contributed by atoms with Crippen LogP contribution in [0.15, 0.2) is 47.5 Å². The molecule has 1 aromatic carbocycles. The molecular formula is C20H18N4O3. The van der Waals surface area contributed by atoms with E-state index < -0.39 is 5.97 Å². The number of rotatable bonds is 3. The van der Waals surface area contributed by atoms with Crippen molar-refractivity contribution in [2.45, 2.75) is 20.3 Å². The normalized spacial score (nSPS) is 11.2. The number of hydrogen-bond donors (Lipinski definition) is 0. The highest BCUT2D eigenvalue weighted by Crippen LogP contribution is 2.19. The van der Waals surface area contributed by atoms with Crippen molar-refractivity contribution in [2.24, 2.45) is 0 Å². The van der Waals surface area contributed by atoms with E-state index in [1.807, 2.05) is 24.3 Å². The molecule has 0 aliphatic heterocycles. The van der Waals surface area contributed by atoms with E-state index in [0.717, 1.165) is 12.1 Å². The van der Waals surface area contributed by atoms with Gasteiger partial charge in [-0.1, -0.05) is 19.1 Å². The van der Waals surface area contributed by atoms with Crippen LogP contribution in [0.4, 0.5) is 0 Å². The second kappa shape index (κ2) is 6.35. The maximum Gasteiger partial charge on any atom is 0.343 e. The molecule has 0 saturated carbocycles. The minimum Gasteiger partial charge on any atom is -0.465 e. The molecule has 136 valence electrons. The minimum atomic E-state index is -0.501. The molecule has 4 rings (SSSR count). The number of carbonyl (C=O) groups excluding carboxylic acids is 1. The average Bonchev–Trinajstić information content (AvgIpc) is 3.04. The Morgan fingerprint density at radius 1 is 1.19 bits per heavy atom. The van der Waals surface area contributed by atoms with Crippen LogP contribution in [0, 0.1) is 6.92 Å². The standard InChI is InChI=1S/C20H18N4O3/c1-4-13-5-7-14(8-6-13)23-10-9-16-15(19(23)25)11-21-18-17(20(26)27-3)12(2)22-24(16)18/h5-11H,4H2,1-3H3. The maximum absolute atomic E-state index is 13.0. The van der Waals surface area contributed by atoms with E-state index >= 15 is 0 Å². The Morgan fingerprint density at radius 2 is 1.93 bits per heavy atom. The Morgan fingerprint density at radius 3 is 2.59 bits per heavy atom. The number of aryl methyl sites for hydroxylation is 2. The van der Waals surface area contributed by atoms with E-state index in [9.17, 15) is 9.59 Å². The van der Waals surface area contributed by atoms with Crippen LogP contribution in [-0.2, 0) is 11.2 Å². The molecule has 0 spiro atoms. The van der Waals surface area contributed by atoms with Gasteiger partial charge in [0.25, 0.3) is 5.56 Å². The Balaban J connectivity index is 1.95. The molecule has 27 heavy (non-hydrogen) atoms. The summed E-state index contributed by atoms with van der Waals surface area (Å²) in [5.41, 5.74) is 3.56. The first kappa shape index (κ1) is 17.0. The van der Waals surface area contributed by atoms with Gasteiger partial charge < -0.3 is 4.74 Å². The monoisotopic (exact) mass is 362 g/mol. The summed E-state index contributed by atoms with van der Waals surface area (Å²) >= 11 is 0. The summed E-state index contributed by atoms with van der Waals surface area (Å²) in [5.74, 6) is -0.501. The van der Waals surface area contributed by atoms with Gasteiger partial charge in [-0.15, -0.1) is 0 Å². The van der Waals surface area contributed by atoms with Crippen molar-refractivity contribution in [3.63, 3.8) is 0 Å². The van der Waals surface area contributed by atoms with E-state index in [2.05, 4.69) is 17.0 Å². The van der Waals surface area contributed by atoms with Crippen LogP contribution in [0.1, 0.15) is 28.5 Å². The number of nitrogens with zero attached hydrogens (tertiary/aromatic N) is 4. The predicted molar refractivity (Wildman–Crippen MR) is 102 cm³/mol. The maximum atomic E-state index is 13.0. The van der Waals surface area contributed by atoms with Gasteiger partial charge in [-0.05, 0) is 37.1 Å². The lowest BCUT2D eigenvalue weighted by Crippen LogP contribution is -2.19. The second-order valence-corrected chi connectivity index (χ2v) is 6.26. The zero-order valence-corrected chi connectivity index (χ0v) is 15.3. The van der Waals surface area contributed by atoms with Crippen molar-refractivity contribution in [1.82, 2.24) is 19.2 Å². The van der Waals surface area contributed by atoms with E-state index in [0.29, 0.717) is 27.8 Å². The van der Waals surface area contributed by atoms with Gasteiger partial charge in [0.1, 0.15) is 5.56 Å². The number of benzene rings is 1. The molecule has 0 fully saturated rings. The highest BCUT2D eigenvalue weighted by molar-refractivity contribution is 5.98. The Kier molecular flexibility index (Phi) is 3.99. The third-order valence-electron chi connectivity index (χ3n) is 4.70. The summed E-state index contributed by atoms with van der Waals surface area (Å²) < 4.78 is 7.91. The van der Waals surface area contributed by atoms with Crippen molar-refractivity contribution < 1.29 is 9.53 Å². The number of fused-ring (bicyclic) bond motifs is 3. The van der Waals surface area contributed by atoms with Crippen molar-refractivity contribution >= 4 is 22.5 Å². The summed E-state index contributed by atoms with van der Waals surface area (Å²) in [6.45, 7) is 3.80. The van der Waals surface area contributed by atoms with Gasteiger partial charge in [-0.25, -0.2) is 14.3 Å². The fourth-order valence-electron chi connectivity index (χ4n) is 3.21. The zero-order valence-electron chi connectivity index (χ0n) is 15.3. The van der Waals surface area contributed by atoms with Crippen LogP contribution in [0.25, 0.3) is 22.2 Å². The Labute approximate surface area is 154 Å². The average molecular weight is 362 g/mol. The quantitative estimate of drug-likeness (QED) is 0.524. The van der Waals surface area contributed by atoms with Gasteiger partial charge in [-0.3, -0.25) is 9.36 Å². The van der Waals surface area contributed by atoms with Crippen molar-refractivity contribution in [3.8, 4) is 5.69 Å². The van der Waals surface area contributed by atoms with Crippen LogP contribution in [0.5, 0.6) is 0 Å². The molecule has 0 radical (unpaired) electrons. The lowest BCUT2D eigenvalue weighted by Gasteiger charge is -2.09. The lowest BCUT2D eigenvalue weighted by atomic mass is 10.1. The number of hydrogen-bond acceptors (Lipinski definition) is 5. The molecule has 7 heteroatoms. The zero-order chi connectivity index (χ0) is 19.1. The van der Waals surface area contributed by atoms with Gasteiger partial charge in [0.05, 0.1) is 23.7 Å². The van der Waals surface area contributed by atoms with E-state index in [-0.39, 0.29) is 5.56 Å². The molecule has 4 aromatic rings. The number of aromatic nitrogens is 4. The van der Waals surface area contributed by atoms with Gasteiger partial charge in [0.2, 0.25) is 0 Å². The lowest BCUT2D eigenvalue weighted by molar-refractivity contribution is 0.0602. The molecule has 0 unspecified atom stereocenters. The van der Waals surface area contributed by atoms with Gasteiger partial charge >= 0.3 is 5.97 Å². The highest BCUT2D eigenvalue weighted by Gasteiger charge is 2.21. The largest absolute Gasteiger partial charge is 0.465 e. The topological polar surface area (TPSA) is 78.5 Å². The van der Waals surface area contributed by atoms with Crippen LogP contribution in [0.3, 0.4) is 0 Å². The Bertz CT molecular complexity index is 1240. The number of ether oxygens (including phenoxy) is 1. The fourth-order valence-corrected chi connectivity index (χ4v) is 3.21. The number of esters is 1. The highest BCUT2D eigenvalue weighted by atomic mass is 16.5. The molecular weight excluding hydrogens is 344 g/mol. The number of pyridine rings is 1. The minimum absolute atomic E-state index is 0.195. The Hall–Kier alpha value is -3.48. The van der Waals surface area contributed by atoms with Crippen LogP contribution in [0.2, 0.25) is 0 Å². The molecule has 3 heterocycles. The molecule has 0 amide bonds. The molecule has 0 saturated heterocycles. The van der Waals surface area contributed by atoms with Crippen LogP contribution >= 0.6 is 0 Å². The van der Waals surface area contributed by atoms with Gasteiger partial charge in [0.15, 0.2) is 5.65 Å². The summed E-state index contributed by atoms with van der Waals surface area (Å²) in [7, 11) is 1.31. The third kappa shape index (κ3) is 2.59. The summed E-state index contributed by atoms with van der Waals surface area (Å²) in [4.78, 5) is 29.3. The molecule has 0 aliphatic rings. The molecule has 0 bridgehead atoms.